The van der Waals surface area contributed by atoms with Crippen LogP contribution in [0.15, 0.2) is 0 Å². The number of amides is 1. The maximum Gasteiger partial charge on any atom is 0.237 e. The number of nitrogens with one attached hydrogen (secondary N) is 1. The van der Waals surface area contributed by atoms with E-state index in [1.165, 1.54) is 0 Å². The minimum Gasteiger partial charge on any atom is -0.352 e. The molecule has 2 atom stereocenters. The maximum atomic E-state index is 11.9. The van der Waals surface area contributed by atoms with E-state index in [-0.39, 0.29) is 42.8 Å². The summed E-state index contributed by atoms with van der Waals surface area (Å²) in [4.78, 5) is 14.3. The van der Waals surface area contributed by atoms with E-state index in [4.69, 9.17) is 5.73 Å². The van der Waals surface area contributed by atoms with Crippen molar-refractivity contribution in [2.45, 2.75) is 66.0 Å². The van der Waals surface area contributed by atoms with E-state index in [0.29, 0.717) is 5.92 Å². The van der Waals surface area contributed by atoms with Crippen LogP contribution < -0.4 is 11.1 Å². The Balaban J connectivity index is -0.00000162. The Labute approximate surface area is 143 Å². The van der Waals surface area contributed by atoms with Crippen molar-refractivity contribution in [3.63, 3.8) is 0 Å². The fraction of sp³-hybridized carbons (Fsp3) is 0.933. The molecule has 6 heteroatoms. The maximum absolute atomic E-state index is 11.9. The van der Waals surface area contributed by atoms with Gasteiger partial charge in [0.1, 0.15) is 0 Å². The molecule has 0 aromatic heterocycles. The van der Waals surface area contributed by atoms with Gasteiger partial charge >= 0.3 is 0 Å². The first-order valence-corrected chi connectivity index (χ1v) is 7.68. The summed E-state index contributed by atoms with van der Waals surface area (Å²) in [5.41, 5.74) is 5.87. The molecule has 0 fully saturated rings. The van der Waals surface area contributed by atoms with Crippen molar-refractivity contribution >= 4 is 30.7 Å². The quantitative estimate of drug-likeness (QED) is 0.641. The summed E-state index contributed by atoms with van der Waals surface area (Å²) in [6.45, 7) is 13.9. The van der Waals surface area contributed by atoms with Gasteiger partial charge in [-0.2, -0.15) is 0 Å². The van der Waals surface area contributed by atoms with E-state index in [0.717, 1.165) is 38.9 Å². The third-order valence-electron chi connectivity index (χ3n) is 3.46. The van der Waals surface area contributed by atoms with Crippen molar-refractivity contribution in [1.29, 1.82) is 0 Å². The molecule has 4 nitrogen and oxygen atoms in total. The number of nitrogens with zero attached hydrogens (tertiary/aromatic N) is 1. The molecular weight excluding hydrogens is 309 g/mol. The highest BCUT2D eigenvalue weighted by atomic mass is 35.5. The molecule has 0 saturated heterocycles. The van der Waals surface area contributed by atoms with Crippen LogP contribution in [0, 0.1) is 5.92 Å². The number of carbonyl (C=O) groups is 1. The van der Waals surface area contributed by atoms with Gasteiger partial charge in [0.05, 0.1) is 6.04 Å². The zero-order chi connectivity index (χ0) is 14.8. The van der Waals surface area contributed by atoms with Crippen molar-refractivity contribution in [1.82, 2.24) is 10.2 Å². The highest BCUT2D eigenvalue weighted by Crippen LogP contribution is 2.04. The fourth-order valence-corrected chi connectivity index (χ4v) is 2.20. The lowest BCUT2D eigenvalue weighted by Crippen LogP contribution is -2.45. The third-order valence-corrected chi connectivity index (χ3v) is 3.46. The minimum atomic E-state index is -0.370. The van der Waals surface area contributed by atoms with Gasteiger partial charge in [-0.05, 0) is 51.7 Å². The van der Waals surface area contributed by atoms with Gasteiger partial charge in [-0.1, -0.05) is 27.7 Å². The zero-order valence-corrected chi connectivity index (χ0v) is 15.9. The van der Waals surface area contributed by atoms with Gasteiger partial charge < -0.3 is 16.0 Å². The van der Waals surface area contributed by atoms with E-state index in [9.17, 15) is 4.79 Å². The van der Waals surface area contributed by atoms with Crippen molar-refractivity contribution in [3.8, 4) is 0 Å². The molecule has 0 spiro atoms. The van der Waals surface area contributed by atoms with Crippen LogP contribution in [0.2, 0.25) is 0 Å². The number of nitrogens with two attached hydrogens (primary N) is 1. The monoisotopic (exact) mass is 343 g/mol. The second-order valence-corrected chi connectivity index (χ2v) is 5.81. The van der Waals surface area contributed by atoms with Crippen molar-refractivity contribution in [3.05, 3.63) is 0 Å². The van der Waals surface area contributed by atoms with Crippen LogP contribution >= 0.6 is 24.8 Å². The van der Waals surface area contributed by atoms with Crippen LogP contribution in [0.3, 0.4) is 0 Å². The molecule has 0 bridgehead atoms. The van der Waals surface area contributed by atoms with Gasteiger partial charge in [0.15, 0.2) is 0 Å². The van der Waals surface area contributed by atoms with Gasteiger partial charge in [0.2, 0.25) is 5.91 Å². The van der Waals surface area contributed by atoms with Gasteiger partial charge in [-0.3, -0.25) is 4.79 Å². The third kappa shape index (κ3) is 13.4. The van der Waals surface area contributed by atoms with Crippen LogP contribution in [-0.2, 0) is 4.79 Å². The molecular formula is C15H35Cl2N3O. The van der Waals surface area contributed by atoms with E-state index in [1.54, 1.807) is 0 Å². The SMILES string of the molecule is CCN(CC)CCCC(C)NC(=O)[C@@H](N)CC(C)C.Cl.Cl. The van der Waals surface area contributed by atoms with Gasteiger partial charge in [0, 0.05) is 6.04 Å². The molecule has 1 unspecified atom stereocenters. The molecule has 0 aliphatic rings. The predicted octanol–water partition coefficient (Wildman–Crippen LogP) is 2.83. The first-order chi connectivity index (χ1) is 8.90. The summed E-state index contributed by atoms with van der Waals surface area (Å²) in [7, 11) is 0. The summed E-state index contributed by atoms with van der Waals surface area (Å²) in [6, 6.07) is -0.161. The van der Waals surface area contributed by atoms with Crippen LogP contribution in [-0.4, -0.2) is 42.5 Å². The Hall–Kier alpha value is -0.0300. The van der Waals surface area contributed by atoms with E-state index < -0.39 is 0 Å². The number of rotatable bonds is 10. The fourth-order valence-electron chi connectivity index (χ4n) is 2.20. The van der Waals surface area contributed by atoms with Gasteiger partial charge in [-0.25, -0.2) is 0 Å². The summed E-state index contributed by atoms with van der Waals surface area (Å²) in [5.74, 6) is 0.447. The topological polar surface area (TPSA) is 58.4 Å². The molecule has 0 radical (unpaired) electrons. The molecule has 0 aliphatic heterocycles. The van der Waals surface area contributed by atoms with Crippen molar-refractivity contribution < 1.29 is 4.79 Å². The number of halogens is 2. The highest BCUT2D eigenvalue weighted by Gasteiger charge is 2.16. The van der Waals surface area contributed by atoms with Crippen molar-refractivity contribution in [2.75, 3.05) is 19.6 Å². The normalized spacial score (nSPS) is 13.3. The highest BCUT2D eigenvalue weighted by molar-refractivity contribution is 5.85. The smallest absolute Gasteiger partial charge is 0.237 e. The first kappa shape index (κ1) is 25.9. The molecule has 21 heavy (non-hydrogen) atoms. The lowest BCUT2D eigenvalue weighted by atomic mass is 10.0. The number of hydrogen-bond acceptors (Lipinski definition) is 3. The molecule has 130 valence electrons. The summed E-state index contributed by atoms with van der Waals surface area (Å²) >= 11 is 0. The van der Waals surface area contributed by atoms with Crippen LogP contribution in [0.4, 0.5) is 0 Å². The first-order valence-electron chi connectivity index (χ1n) is 7.68. The second-order valence-electron chi connectivity index (χ2n) is 5.81. The van der Waals surface area contributed by atoms with Crippen LogP contribution in [0.1, 0.15) is 53.9 Å². The van der Waals surface area contributed by atoms with E-state index >= 15 is 0 Å². The lowest BCUT2D eigenvalue weighted by molar-refractivity contribution is -0.123. The van der Waals surface area contributed by atoms with Crippen LogP contribution in [0.5, 0.6) is 0 Å². The van der Waals surface area contributed by atoms with E-state index in [1.807, 2.05) is 0 Å². The summed E-state index contributed by atoms with van der Waals surface area (Å²) < 4.78 is 0. The van der Waals surface area contributed by atoms with Gasteiger partial charge in [0.25, 0.3) is 0 Å². The average molecular weight is 344 g/mol. The Morgan fingerprint density at radius 3 is 2.10 bits per heavy atom. The molecule has 0 aromatic carbocycles. The Morgan fingerprint density at radius 1 is 1.14 bits per heavy atom. The average Bonchev–Trinajstić information content (AvgIpc) is 2.33. The zero-order valence-electron chi connectivity index (χ0n) is 14.2. The number of carbonyl (C=O) groups excluding carboxylic acids is 1. The number of hydrogen-bond donors (Lipinski definition) is 2. The molecule has 0 saturated carbocycles. The Bertz CT molecular complexity index is 249. The molecule has 0 aromatic rings. The lowest BCUT2D eigenvalue weighted by Gasteiger charge is -2.21. The molecule has 0 rings (SSSR count). The second kappa shape index (κ2) is 14.9. The molecule has 0 heterocycles. The standard InChI is InChI=1S/C15H33N3O.2ClH/c1-6-18(7-2)10-8-9-13(5)17-15(19)14(16)11-12(3)4;;/h12-14H,6-11,16H2,1-5H3,(H,17,19);2*1H/t13?,14-;;/m0../s1. The Morgan fingerprint density at radius 2 is 1.67 bits per heavy atom. The predicted molar refractivity (Wildman–Crippen MR) is 96.6 cm³/mol. The largest absolute Gasteiger partial charge is 0.352 e. The minimum absolute atomic E-state index is 0. The summed E-state index contributed by atoms with van der Waals surface area (Å²) in [5, 5.41) is 3.01. The summed E-state index contributed by atoms with van der Waals surface area (Å²) in [6.07, 6.45) is 2.87. The molecule has 0 aliphatic carbocycles. The molecule has 3 N–H and O–H groups in total. The molecule has 1 amide bonds. The van der Waals surface area contributed by atoms with Crippen molar-refractivity contribution in [2.24, 2.45) is 11.7 Å². The van der Waals surface area contributed by atoms with Gasteiger partial charge in [-0.15, -0.1) is 24.8 Å². The van der Waals surface area contributed by atoms with E-state index in [2.05, 4.69) is 44.8 Å². The Kier molecular flexibility index (Phi) is 18.4. The van der Waals surface area contributed by atoms with Crippen LogP contribution in [0.25, 0.3) is 0 Å².